The molecule has 0 amide bonds. The van der Waals surface area contributed by atoms with Gasteiger partial charge in [-0.25, -0.2) is 12.6 Å². The Kier molecular flexibility index (Phi) is 7.71. The molecule has 196 valence electrons. The molecule has 2 unspecified atom stereocenters. The number of rotatable bonds is 7. The molecule has 1 saturated heterocycles. The lowest BCUT2D eigenvalue weighted by molar-refractivity contribution is 0.222. The van der Waals surface area contributed by atoms with Gasteiger partial charge in [-0.05, 0) is 31.5 Å². The van der Waals surface area contributed by atoms with E-state index in [2.05, 4.69) is 39.9 Å². The number of nitrogens with one attached hydrogen (secondary N) is 2. The van der Waals surface area contributed by atoms with Gasteiger partial charge in [-0.2, -0.15) is 4.31 Å². The van der Waals surface area contributed by atoms with E-state index in [1.165, 1.54) is 9.69 Å². The van der Waals surface area contributed by atoms with Crippen LogP contribution in [-0.2, 0) is 21.2 Å². The highest BCUT2D eigenvalue weighted by molar-refractivity contribution is 7.91. The van der Waals surface area contributed by atoms with E-state index in [0.717, 1.165) is 22.5 Å². The minimum Gasteiger partial charge on any atom is -0.504 e. The minimum absolute atomic E-state index is 0.104. The van der Waals surface area contributed by atoms with Gasteiger partial charge in [0.15, 0.2) is 21.6 Å². The third-order valence-corrected chi connectivity index (χ3v) is 10.0. The molecule has 4 rings (SSSR count). The molecule has 36 heavy (non-hydrogen) atoms. The fraction of sp³-hybridized carbons (Fsp3) is 0.455. The Labute approximate surface area is 217 Å². The third-order valence-electron chi connectivity index (χ3n) is 5.95. The van der Waals surface area contributed by atoms with Gasteiger partial charge >= 0.3 is 0 Å². The Morgan fingerprint density at radius 3 is 2.53 bits per heavy atom. The van der Waals surface area contributed by atoms with Crippen LogP contribution in [0.2, 0.25) is 0 Å². The number of nitrogens with zero attached hydrogens (tertiary/aromatic N) is 4. The predicted molar refractivity (Wildman–Crippen MR) is 142 cm³/mol. The van der Waals surface area contributed by atoms with Gasteiger partial charge in [0.2, 0.25) is 0 Å². The van der Waals surface area contributed by atoms with Gasteiger partial charge < -0.3 is 25.1 Å². The first-order chi connectivity index (χ1) is 17.0. The fourth-order valence-corrected chi connectivity index (χ4v) is 7.14. The van der Waals surface area contributed by atoms with Crippen LogP contribution in [0, 0.1) is 0 Å². The van der Waals surface area contributed by atoms with Gasteiger partial charge in [0.25, 0.3) is 21.2 Å². The zero-order valence-corrected chi connectivity index (χ0v) is 23.0. The average molecular weight is 555 g/mol. The van der Waals surface area contributed by atoms with Crippen LogP contribution in [0.4, 0.5) is 5.69 Å². The van der Waals surface area contributed by atoms with Crippen molar-refractivity contribution in [2.45, 2.75) is 36.9 Å². The molecule has 2 aliphatic heterocycles. The molecule has 14 heteroatoms. The maximum absolute atomic E-state index is 13.1. The molecular formula is C22H30N6O5S3. The quantitative estimate of drug-likeness (QED) is 0.444. The molecule has 11 nitrogen and oxygen atoms in total. The van der Waals surface area contributed by atoms with E-state index in [9.17, 15) is 17.7 Å². The monoisotopic (exact) mass is 554 g/mol. The van der Waals surface area contributed by atoms with Crippen molar-refractivity contribution in [1.29, 1.82) is 0 Å². The number of anilines is 1. The van der Waals surface area contributed by atoms with Gasteiger partial charge in [-0.15, -0.1) is 20.1 Å². The summed E-state index contributed by atoms with van der Waals surface area (Å²) >= 11 is -0.980. The van der Waals surface area contributed by atoms with Gasteiger partial charge in [-0.1, -0.05) is 26.0 Å². The Morgan fingerprint density at radius 1 is 1.25 bits per heavy atom. The van der Waals surface area contributed by atoms with Crippen LogP contribution in [0.3, 0.4) is 0 Å². The predicted octanol–water partition coefficient (Wildman–Crippen LogP) is 2.81. The van der Waals surface area contributed by atoms with Crippen molar-refractivity contribution < 1.29 is 22.2 Å². The Bertz CT molecular complexity index is 1340. The Balaban J connectivity index is 1.53. The summed E-state index contributed by atoms with van der Waals surface area (Å²) in [7, 11) is -1.93. The molecule has 1 fully saturated rings. The number of hydrogen-bond donors (Lipinski definition) is 3. The lowest BCUT2D eigenvalue weighted by Crippen LogP contribution is -2.46. The second-order valence-electron chi connectivity index (χ2n) is 9.09. The molecule has 0 bridgehead atoms. The first-order valence-corrected chi connectivity index (χ1v) is 14.7. The number of piperazine rings is 1. The average Bonchev–Trinajstić information content (AvgIpc) is 3.52. The standard InChI is InChI=1S/C22H30N6O5S3/c1-13(2)15-10-17(33-11-15)18(14(3)4)24-21-20(25-35(30)26-21)23-16-12-34-22(19(16)29)36(31,32)28-8-6-27(5)7-9-28/h10-13,18,29H,3,6-9H2,1-2,4-5H3,(H,23,25)(H,24,26). The Morgan fingerprint density at radius 2 is 1.92 bits per heavy atom. The number of hydrogen-bond acceptors (Lipinski definition) is 9. The number of aromatic hydroxyl groups is 1. The molecule has 0 aliphatic carbocycles. The minimum atomic E-state index is -3.86. The fourth-order valence-electron chi connectivity index (χ4n) is 3.72. The van der Waals surface area contributed by atoms with Crippen molar-refractivity contribution in [2.24, 2.45) is 8.80 Å². The summed E-state index contributed by atoms with van der Waals surface area (Å²) in [6.45, 7) is 11.9. The zero-order chi connectivity index (χ0) is 26.2. The van der Waals surface area contributed by atoms with E-state index in [4.69, 9.17) is 4.42 Å². The van der Waals surface area contributed by atoms with Crippen LogP contribution >= 0.6 is 11.3 Å². The van der Waals surface area contributed by atoms with Crippen molar-refractivity contribution in [3.05, 3.63) is 41.2 Å². The molecule has 2 aliphatic rings. The van der Waals surface area contributed by atoms with Crippen molar-refractivity contribution in [1.82, 2.24) is 14.5 Å². The molecular weight excluding hydrogens is 524 g/mol. The van der Waals surface area contributed by atoms with E-state index in [0.29, 0.717) is 31.9 Å². The van der Waals surface area contributed by atoms with Gasteiger partial charge in [-0.3, -0.25) is 0 Å². The van der Waals surface area contributed by atoms with Gasteiger partial charge in [0, 0.05) is 31.6 Å². The second-order valence-corrected chi connectivity index (χ2v) is 12.9. The highest BCUT2D eigenvalue weighted by atomic mass is 32.2. The van der Waals surface area contributed by atoms with Crippen molar-refractivity contribution in [3.63, 3.8) is 0 Å². The third kappa shape index (κ3) is 5.42. The van der Waals surface area contributed by atoms with Crippen LogP contribution in [0.15, 0.2) is 47.3 Å². The number of likely N-dealkylation sites (N-methyl/N-ethyl adjacent to an activating group) is 1. The van der Waals surface area contributed by atoms with Crippen LogP contribution in [-0.4, -0.2) is 71.8 Å². The number of amidine groups is 2. The first-order valence-electron chi connectivity index (χ1n) is 11.3. The second kappa shape index (κ2) is 10.5. The highest BCUT2D eigenvalue weighted by Crippen LogP contribution is 2.39. The Hall–Kier alpha value is -2.52. The summed E-state index contributed by atoms with van der Waals surface area (Å²) in [4.78, 5) is 2.05. The van der Waals surface area contributed by atoms with E-state index in [-0.39, 0.29) is 27.5 Å². The van der Waals surface area contributed by atoms with E-state index in [1.807, 2.05) is 24.9 Å². The van der Waals surface area contributed by atoms with E-state index < -0.39 is 33.0 Å². The molecule has 0 radical (unpaired) electrons. The van der Waals surface area contributed by atoms with Crippen molar-refractivity contribution in [3.8, 4) is 5.75 Å². The maximum atomic E-state index is 13.1. The summed E-state index contributed by atoms with van der Waals surface area (Å²) in [5.74, 6) is 0.763. The van der Waals surface area contributed by atoms with Crippen molar-refractivity contribution in [2.75, 3.05) is 38.5 Å². The van der Waals surface area contributed by atoms with Crippen molar-refractivity contribution >= 4 is 49.9 Å². The van der Waals surface area contributed by atoms with Crippen LogP contribution in [0.1, 0.15) is 44.1 Å². The lowest BCUT2D eigenvalue weighted by atomic mass is 10.0. The first kappa shape index (κ1) is 26.5. The number of sulfonamides is 1. The molecule has 2 aromatic heterocycles. The lowest BCUT2D eigenvalue weighted by Gasteiger charge is -2.31. The van der Waals surface area contributed by atoms with Crippen LogP contribution in [0.5, 0.6) is 5.75 Å². The largest absolute Gasteiger partial charge is 0.504 e. The highest BCUT2D eigenvalue weighted by Gasteiger charge is 2.33. The molecule has 0 saturated carbocycles. The summed E-state index contributed by atoms with van der Waals surface area (Å²) in [5.41, 5.74) is 1.89. The number of thiophene rings is 1. The van der Waals surface area contributed by atoms with Gasteiger partial charge in [0.05, 0.1) is 12.0 Å². The molecule has 0 spiro atoms. The SMILES string of the molecule is C=C(C)C(NC1=NS(=O)N=C1Nc1csc(S(=O)(=O)N2CCN(C)CC2)c1O)c1cc(C(C)C)co1. The number of furan rings is 1. The molecule has 4 heterocycles. The maximum Gasteiger partial charge on any atom is 0.269 e. The van der Waals surface area contributed by atoms with Gasteiger partial charge in [0.1, 0.15) is 11.8 Å². The summed E-state index contributed by atoms with van der Waals surface area (Å²) in [6.07, 6.45) is 1.69. The summed E-state index contributed by atoms with van der Waals surface area (Å²) in [5, 5.41) is 18.3. The molecule has 2 aromatic rings. The van der Waals surface area contributed by atoms with E-state index >= 15 is 0 Å². The zero-order valence-electron chi connectivity index (χ0n) is 20.5. The molecule has 0 aromatic carbocycles. The topological polar surface area (TPSA) is 140 Å². The van der Waals surface area contributed by atoms with Crippen LogP contribution in [0.25, 0.3) is 0 Å². The molecule has 2 atom stereocenters. The summed E-state index contributed by atoms with van der Waals surface area (Å²) < 4.78 is 53.4. The summed E-state index contributed by atoms with van der Waals surface area (Å²) in [6, 6.07) is 1.45. The van der Waals surface area contributed by atoms with E-state index in [1.54, 1.807) is 6.26 Å². The molecule has 3 N–H and O–H groups in total. The smallest absolute Gasteiger partial charge is 0.269 e. The normalized spacial score (nSPS) is 20.3. The van der Waals surface area contributed by atoms with Crippen LogP contribution < -0.4 is 10.6 Å².